The summed E-state index contributed by atoms with van der Waals surface area (Å²) in [6, 6.07) is 9.37. The molecule has 0 fully saturated rings. The fourth-order valence-corrected chi connectivity index (χ4v) is 0.759. The van der Waals surface area contributed by atoms with Gasteiger partial charge in [-0.05, 0) is 12.1 Å². The van der Waals surface area contributed by atoms with E-state index in [0.29, 0.717) is 0 Å². The average molecular weight is 176 g/mol. The highest BCUT2D eigenvalue weighted by molar-refractivity contribution is 6.26. The van der Waals surface area contributed by atoms with Gasteiger partial charge in [0.2, 0.25) is 0 Å². The van der Waals surface area contributed by atoms with E-state index in [0.717, 1.165) is 5.69 Å². The van der Waals surface area contributed by atoms with Gasteiger partial charge in [-0.3, -0.25) is 9.79 Å². The van der Waals surface area contributed by atoms with Crippen LogP contribution in [0.2, 0.25) is 0 Å². The number of carbonyl (C=O) groups is 1. The van der Waals surface area contributed by atoms with Crippen molar-refractivity contribution in [1.82, 2.24) is 4.90 Å². The smallest absolute Gasteiger partial charge is 0.264 e. The van der Waals surface area contributed by atoms with E-state index in [-0.39, 0.29) is 5.91 Å². The predicted octanol–water partition coefficient (Wildman–Crippen LogP) is 1.48. The third-order valence-electron chi connectivity index (χ3n) is 1.52. The van der Waals surface area contributed by atoms with Gasteiger partial charge in [0, 0.05) is 14.1 Å². The molecule has 1 aromatic rings. The molecule has 0 spiro atoms. The van der Waals surface area contributed by atoms with Crippen molar-refractivity contribution in [2.45, 2.75) is 0 Å². The number of para-hydroxylation sites is 1. The van der Waals surface area contributed by atoms with Crippen LogP contribution in [0.3, 0.4) is 0 Å². The molecule has 0 bridgehead atoms. The Bertz CT molecular complexity index is 304. The number of nitrogens with zero attached hydrogens (tertiary/aromatic N) is 2. The van der Waals surface area contributed by atoms with E-state index in [2.05, 4.69) is 4.99 Å². The summed E-state index contributed by atoms with van der Waals surface area (Å²) >= 11 is 0. The Labute approximate surface area is 77.7 Å². The van der Waals surface area contributed by atoms with E-state index < -0.39 is 0 Å². The lowest BCUT2D eigenvalue weighted by Crippen LogP contribution is -2.22. The highest BCUT2D eigenvalue weighted by atomic mass is 16.2. The summed E-state index contributed by atoms with van der Waals surface area (Å²) in [5.74, 6) is -0.108. The first-order valence-electron chi connectivity index (χ1n) is 4.00. The highest BCUT2D eigenvalue weighted by Crippen LogP contribution is 2.08. The third kappa shape index (κ3) is 3.07. The topological polar surface area (TPSA) is 32.7 Å². The first kappa shape index (κ1) is 9.45. The number of carbonyl (C=O) groups excluding carboxylic acids is 1. The van der Waals surface area contributed by atoms with Gasteiger partial charge in [0.15, 0.2) is 0 Å². The van der Waals surface area contributed by atoms with Gasteiger partial charge in [-0.25, -0.2) is 0 Å². The van der Waals surface area contributed by atoms with Crippen molar-refractivity contribution in [3.05, 3.63) is 30.3 Å². The maximum Gasteiger partial charge on any atom is 0.264 e. The summed E-state index contributed by atoms with van der Waals surface area (Å²) < 4.78 is 0. The van der Waals surface area contributed by atoms with Crippen LogP contribution in [0.25, 0.3) is 0 Å². The Balaban J connectivity index is 2.64. The number of hydrogen-bond acceptors (Lipinski definition) is 2. The van der Waals surface area contributed by atoms with Crippen molar-refractivity contribution in [3.8, 4) is 0 Å². The molecule has 0 aromatic heterocycles. The molecule has 0 saturated heterocycles. The molecule has 0 unspecified atom stereocenters. The molecular formula is C10H12N2O. The first-order valence-corrected chi connectivity index (χ1v) is 4.00. The molecule has 1 aromatic carbocycles. The second kappa shape index (κ2) is 4.40. The van der Waals surface area contributed by atoms with E-state index in [1.54, 1.807) is 14.1 Å². The summed E-state index contributed by atoms with van der Waals surface area (Å²) in [5.41, 5.74) is 0.790. The van der Waals surface area contributed by atoms with Crippen LogP contribution in [0.15, 0.2) is 35.3 Å². The summed E-state index contributed by atoms with van der Waals surface area (Å²) in [5, 5.41) is 0. The van der Waals surface area contributed by atoms with Crippen molar-refractivity contribution in [2.75, 3.05) is 14.1 Å². The molecule has 13 heavy (non-hydrogen) atoms. The van der Waals surface area contributed by atoms with E-state index in [9.17, 15) is 4.79 Å². The average Bonchev–Trinajstić information content (AvgIpc) is 2.15. The van der Waals surface area contributed by atoms with Gasteiger partial charge in [0.25, 0.3) is 5.91 Å². The molecule has 1 amide bonds. The van der Waals surface area contributed by atoms with Gasteiger partial charge in [-0.1, -0.05) is 18.2 Å². The minimum absolute atomic E-state index is 0.108. The van der Waals surface area contributed by atoms with Crippen LogP contribution in [0.1, 0.15) is 0 Å². The minimum Gasteiger partial charge on any atom is -0.344 e. The second-order valence-corrected chi connectivity index (χ2v) is 2.83. The Kier molecular flexibility index (Phi) is 3.20. The molecule has 68 valence electrons. The molecule has 0 aliphatic carbocycles. The van der Waals surface area contributed by atoms with Gasteiger partial charge in [-0.15, -0.1) is 0 Å². The maximum atomic E-state index is 11.1. The second-order valence-electron chi connectivity index (χ2n) is 2.83. The van der Waals surface area contributed by atoms with Gasteiger partial charge < -0.3 is 4.90 Å². The minimum atomic E-state index is -0.108. The lowest BCUT2D eigenvalue weighted by molar-refractivity contribution is -0.121. The monoisotopic (exact) mass is 176 g/mol. The zero-order valence-electron chi connectivity index (χ0n) is 7.77. The van der Waals surface area contributed by atoms with Crippen LogP contribution in [0.4, 0.5) is 5.69 Å². The van der Waals surface area contributed by atoms with E-state index in [1.807, 2.05) is 30.3 Å². The molecular weight excluding hydrogens is 164 g/mol. The summed E-state index contributed by atoms with van der Waals surface area (Å²) in [7, 11) is 3.39. The fraction of sp³-hybridized carbons (Fsp3) is 0.200. The van der Waals surface area contributed by atoms with Crippen LogP contribution in [-0.4, -0.2) is 31.1 Å². The fourth-order valence-electron chi connectivity index (χ4n) is 0.759. The molecule has 0 N–H and O–H groups in total. The lowest BCUT2D eigenvalue weighted by atomic mass is 10.3. The van der Waals surface area contributed by atoms with Gasteiger partial charge in [0.05, 0.1) is 11.9 Å². The summed E-state index contributed by atoms with van der Waals surface area (Å²) in [6.45, 7) is 0. The normalized spacial score (nSPS) is 10.3. The molecule has 0 aliphatic heterocycles. The molecule has 1 rings (SSSR count). The number of hydrogen-bond donors (Lipinski definition) is 0. The number of benzene rings is 1. The Morgan fingerprint density at radius 2 is 1.92 bits per heavy atom. The van der Waals surface area contributed by atoms with Crippen molar-refractivity contribution >= 4 is 17.8 Å². The van der Waals surface area contributed by atoms with Crippen molar-refractivity contribution in [1.29, 1.82) is 0 Å². The SMILES string of the molecule is CN(C)C(=O)C=Nc1ccccc1. The zero-order chi connectivity index (χ0) is 9.68. The van der Waals surface area contributed by atoms with Crippen LogP contribution in [0.5, 0.6) is 0 Å². The summed E-state index contributed by atoms with van der Waals surface area (Å²) in [4.78, 5) is 16.6. The molecule has 3 nitrogen and oxygen atoms in total. The quantitative estimate of drug-likeness (QED) is 0.628. The molecule has 0 aliphatic rings. The number of amides is 1. The molecule has 0 atom stereocenters. The van der Waals surface area contributed by atoms with Crippen LogP contribution >= 0.6 is 0 Å². The van der Waals surface area contributed by atoms with E-state index in [4.69, 9.17) is 0 Å². The van der Waals surface area contributed by atoms with Gasteiger partial charge in [-0.2, -0.15) is 0 Å². The van der Waals surface area contributed by atoms with Crippen LogP contribution < -0.4 is 0 Å². The highest BCUT2D eigenvalue weighted by Gasteiger charge is 1.96. The van der Waals surface area contributed by atoms with Crippen LogP contribution in [0, 0.1) is 0 Å². The predicted molar refractivity (Wildman–Crippen MR) is 53.3 cm³/mol. The summed E-state index contributed by atoms with van der Waals surface area (Å²) in [6.07, 6.45) is 1.31. The lowest BCUT2D eigenvalue weighted by Gasteiger charge is -2.04. The molecule has 0 saturated carbocycles. The van der Waals surface area contributed by atoms with Crippen molar-refractivity contribution in [2.24, 2.45) is 4.99 Å². The number of rotatable bonds is 2. The van der Waals surface area contributed by atoms with Gasteiger partial charge >= 0.3 is 0 Å². The molecule has 0 radical (unpaired) electrons. The zero-order valence-corrected chi connectivity index (χ0v) is 7.77. The van der Waals surface area contributed by atoms with Crippen molar-refractivity contribution < 1.29 is 4.79 Å². The largest absolute Gasteiger partial charge is 0.344 e. The molecule has 3 heteroatoms. The molecule has 0 heterocycles. The first-order chi connectivity index (χ1) is 6.20. The number of aliphatic imine (C=N–C) groups is 1. The van der Waals surface area contributed by atoms with Crippen molar-refractivity contribution in [3.63, 3.8) is 0 Å². The standard InChI is InChI=1S/C10H12N2O/c1-12(2)10(13)8-11-9-6-4-3-5-7-9/h3-8H,1-2H3. The van der Waals surface area contributed by atoms with Crippen LogP contribution in [-0.2, 0) is 4.79 Å². The Hall–Kier alpha value is -1.64. The van der Waals surface area contributed by atoms with Gasteiger partial charge in [0.1, 0.15) is 0 Å². The van der Waals surface area contributed by atoms with E-state index in [1.165, 1.54) is 11.1 Å². The Morgan fingerprint density at radius 1 is 1.31 bits per heavy atom. The maximum absolute atomic E-state index is 11.1. The Morgan fingerprint density at radius 3 is 2.46 bits per heavy atom. The third-order valence-corrected chi connectivity index (χ3v) is 1.52. The van der Waals surface area contributed by atoms with E-state index >= 15 is 0 Å².